The highest BCUT2D eigenvalue weighted by Crippen LogP contribution is 2.31. The largest absolute Gasteiger partial charge is 0.477 e. The Morgan fingerprint density at radius 3 is 2.20 bits per heavy atom. The normalized spacial score (nSPS) is 12.2. The van der Waals surface area contributed by atoms with Crippen molar-refractivity contribution in [1.82, 2.24) is 0 Å². The number of carboxylic acids is 1. The number of carboxylic acid groups (broad SMARTS) is 1. The Balaban J connectivity index is 4.61. The quantitative estimate of drug-likeness (QED) is 0.664. The monoisotopic (exact) mass is 228 g/mol. The van der Waals surface area contributed by atoms with E-state index in [9.17, 15) is 4.79 Å². The fourth-order valence-electron chi connectivity index (χ4n) is 1.28. The van der Waals surface area contributed by atoms with E-state index in [0.717, 1.165) is 36.2 Å². The molecule has 0 aromatic carbocycles. The van der Waals surface area contributed by atoms with Crippen LogP contribution >= 0.6 is 11.8 Å². The molecule has 0 aromatic heterocycles. The lowest BCUT2D eigenvalue weighted by atomic mass is 10.2. The lowest BCUT2D eigenvalue weighted by Crippen LogP contribution is -2.00. The summed E-state index contributed by atoms with van der Waals surface area (Å²) >= 11 is 1.31. The predicted molar refractivity (Wildman–Crippen MR) is 66.9 cm³/mol. The van der Waals surface area contributed by atoms with Crippen LogP contribution in [0.5, 0.6) is 0 Å². The molecule has 1 N–H and O–H groups in total. The van der Waals surface area contributed by atoms with E-state index in [1.54, 1.807) is 0 Å². The summed E-state index contributed by atoms with van der Waals surface area (Å²) in [7, 11) is 0. The molecule has 0 aliphatic carbocycles. The van der Waals surface area contributed by atoms with Gasteiger partial charge in [-0.05, 0) is 24.7 Å². The van der Waals surface area contributed by atoms with Gasteiger partial charge in [-0.1, -0.05) is 50.6 Å². The Morgan fingerprint density at radius 1 is 1.27 bits per heavy atom. The molecule has 2 nitrogen and oxygen atoms in total. The minimum atomic E-state index is -0.830. The summed E-state index contributed by atoms with van der Waals surface area (Å²) in [4.78, 5) is 12.4. The van der Waals surface area contributed by atoms with E-state index in [-0.39, 0.29) is 0 Å². The number of hydrogen-bond donors (Lipinski definition) is 1. The molecule has 0 unspecified atom stereocenters. The Morgan fingerprint density at radius 2 is 1.80 bits per heavy atom. The van der Waals surface area contributed by atoms with Crippen molar-refractivity contribution < 1.29 is 9.90 Å². The predicted octanol–water partition coefficient (Wildman–Crippen LogP) is 4.19. The molecule has 0 atom stereocenters. The topological polar surface area (TPSA) is 37.3 Å². The second-order valence-electron chi connectivity index (χ2n) is 3.56. The van der Waals surface area contributed by atoms with Gasteiger partial charge in [-0.2, -0.15) is 0 Å². The number of allylic oxidation sites excluding steroid dienone is 2. The third kappa shape index (κ3) is 5.67. The molecule has 15 heavy (non-hydrogen) atoms. The van der Waals surface area contributed by atoms with Crippen LogP contribution in [0.15, 0.2) is 22.0 Å². The second-order valence-corrected chi connectivity index (χ2v) is 4.75. The van der Waals surface area contributed by atoms with Crippen LogP contribution in [-0.2, 0) is 4.79 Å². The lowest BCUT2D eigenvalue weighted by molar-refractivity contribution is -0.131. The van der Waals surface area contributed by atoms with Crippen molar-refractivity contribution in [2.45, 2.75) is 46.5 Å². The number of hydrogen-bond acceptors (Lipinski definition) is 2. The van der Waals surface area contributed by atoms with Gasteiger partial charge in [0.25, 0.3) is 0 Å². The summed E-state index contributed by atoms with van der Waals surface area (Å²) in [6.07, 6.45) is 3.70. The van der Waals surface area contributed by atoms with Gasteiger partial charge in [0.15, 0.2) is 0 Å². The van der Waals surface area contributed by atoms with E-state index >= 15 is 0 Å². The van der Waals surface area contributed by atoms with Crippen molar-refractivity contribution in [2.75, 3.05) is 0 Å². The first-order valence-electron chi connectivity index (χ1n) is 5.31. The SMILES string of the molecule is C=C(CCC)S/C(C(=O)O)=C(/C)CCC. The van der Waals surface area contributed by atoms with Crippen LogP contribution in [0.2, 0.25) is 0 Å². The standard InChI is InChI=1S/C12H20O2S/c1-5-7-9(3)11(12(13)14)15-10(4)8-6-2/h4-8H2,1-3H3,(H,13,14)/b11-9-. The summed E-state index contributed by atoms with van der Waals surface area (Å²) in [6.45, 7) is 9.88. The molecule has 0 heterocycles. The first-order valence-corrected chi connectivity index (χ1v) is 6.13. The molecular formula is C12H20O2S. The third-order valence-corrected chi connectivity index (χ3v) is 3.20. The van der Waals surface area contributed by atoms with Crippen molar-refractivity contribution in [3.8, 4) is 0 Å². The lowest BCUT2D eigenvalue weighted by Gasteiger charge is -2.08. The summed E-state index contributed by atoms with van der Waals surface area (Å²) in [5.74, 6) is -0.830. The van der Waals surface area contributed by atoms with Crippen LogP contribution in [0.4, 0.5) is 0 Å². The molecule has 0 saturated carbocycles. The highest BCUT2D eigenvalue weighted by Gasteiger charge is 2.13. The Bertz CT molecular complexity index is 267. The zero-order valence-corrected chi connectivity index (χ0v) is 10.6. The first kappa shape index (κ1) is 14.3. The van der Waals surface area contributed by atoms with Crippen LogP contribution in [0.25, 0.3) is 0 Å². The van der Waals surface area contributed by atoms with Crippen molar-refractivity contribution >= 4 is 17.7 Å². The van der Waals surface area contributed by atoms with E-state index in [2.05, 4.69) is 20.4 Å². The molecule has 0 radical (unpaired) electrons. The van der Waals surface area contributed by atoms with Crippen LogP contribution < -0.4 is 0 Å². The molecular weight excluding hydrogens is 208 g/mol. The van der Waals surface area contributed by atoms with Gasteiger partial charge in [-0.3, -0.25) is 0 Å². The van der Waals surface area contributed by atoms with Crippen molar-refractivity contribution in [2.24, 2.45) is 0 Å². The minimum Gasteiger partial charge on any atom is -0.477 e. The zero-order valence-electron chi connectivity index (χ0n) is 9.80. The average Bonchev–Trinajstić information content (AvgIpc) is 2.14. The molecule has 86 valence electrons. The highest BCUT2D eigenvalue weighted by atomic mass is 32.2. The maximum atomic E-state index is 11.0. The fourth-order valence-corrected chi connectivity index (χ4v) is 2.23. The molecule has 0 aliphatic rings. The third-order valence-electron chi connectivity index (χ3n) is 1.98. The van der Waals surface area contributed by atoms with Gasteiger partial charge in [0.2, 0.25) is 0 Å². The number of aliphatic carboxylic acids is 1. The first-order chi connectivity index (χ1) is 7.02. The van der Waals surface area contributed by atoms with Gasteiger partial charge in [0.05, 0.1) is 4.91 Å². The average molecular weight is 228 g/mol. The maximum absolute atomic E-state index is 11.0. The van der Waals surface area contributed by atoms with Gasteiger partial charge in [0.1, 0.15) is 0 Å². The van der Waals surface area contributed by atoms with Gasteiger partial charge >= 0.3 is 5.97 Å². The summed E-state index contributed by atoms with van der Waals surface area (Å²) < 4.78 is 0. The Labute approximate surface area is 96.5 Å². The van der Waals surface area contributed by atoms with Gasteiger partial charge in [-0.25, -0.2) is 4.79 Å². The van der Waals surface area contributed by atoms with E-state index in [1.165, 1.54) is 11.8 Å². The van der Waals surface area contributed by atoms with Crippen LogP contribution in [0, 0.1) is 0 Å². The van der Waals surface area contributed by atoms with Crippen LogP contribution in [-0.4, -0.2) is 11.1 Å². The highest BCUT2D eigenvalue weighted by molar-refractivity contribution is 8.07. The van der Waals surface area contributed by atoms with Crippen LogP contribution in [0.3, 0.4) is 0 Å². The molecule has 0 aliphatic heterocycles. The van der Waals surface area contributed by atoms with Crippen LogP contribution in [0.1, 0.15) is 46.5 Å². The molecule has 0 bridgehead atoms. The number of rotatable bonds is 7. The summed E-state index contributed by atoms with van der Waals surface area (Å²) in [5, 5.41) is 9.07. The van der Waals surface area contributed by atoms with Gasteiger partial charge in [-0.15, -0.1) is 0 Å². The van der Waals surface area contributed by atoms with Gasteiger partial charge < -0.3 is 5.11 Å². The maximum Gasteiger partial charge on any atom is 0.342 e. The molecule has 0 amide bonds. The Hall–Kier alpha value is -0.700. The number of thioether (sulfide) groups is 1. The van der Waals surface area contributed by atoms with Gasteiger partial charge in [0, 0.05) is 0 Å². The molecule has 0 saturated heterocycles. The van der Waals surface area contributed by atoms with Crippen molar-refractivity contribution in [3.63, 3.8) is 0 Å². The molecule has 0 spiro atoms. The zero-order chi connectivity index (χ0) is 11.8. The Kier molecular flexibility index (Phi) is 7.22. The number of carbonyl (C=O) groups is 1. The second kappa shape index (κ2) is 7.57. The van der Waals surface area contributed by atoms with E-state index in [1.807, 2.05) is 6.92 Å². The van der Waals surface area contributed by atoms with E-state index in [0.29, 0.717) is 4.91 Å². The summed E-state index contributed by atoms with van der Waals surface area (Å²) in [6, 6.07) is 0. The van der Waals surface area contributed by atoms with Crippen molar-refractivity contribution in [3.05, 3.63) is 22.0 Å². The van der Waals surface area contributed by atoms with Crippen molar-refractivity contribution in [1.29, 1.82) is 0 Å². The molecule has 0 aromatic rings. The molecule has 0 rings (SSSR count). The van der Waals surface area contributed by atoms with E-state index < -0.39 is 5.97 Å². The fraction of sp³-hybridized carbons (Fsp3) is 0.583. The molecule has 3 heteroatoms. The minimum absolute atomic E-state index is 0.454. The van der Waals surface area contributed by atoms with E-state index in [4.69, 9.17) is 5.11 Å². The summed E-state index contributed by atoms with van der Waals surface area (Å²) in [5.41, 5.74) is 0.951. The molecule has 0 fully saturated rings. The smallest absolute Gasteiger partial charge is 0.342 e.